The highest BCUT2D eigenvalue weighted by atomic mass is 32.1. The Kier molecular flexibility index (Phi) is 3.49. The van der Waals surface area contributed by atoms with E-state index in [1.165, 1.54) is 11.3 Å². The summed E-state index contributed by atoms with van der Waals surface area (Å²) >= 11 is 1.32. The lowest BCUT2D eigenvalue weighted by Gasteiger charge is -2.02. The summed E-state index contributed by atoms with van der Waals surface area (Å²) in [5.74, 6) is 0.149. The number of carbonyl (C=O) groups excluding carboxylic acids is 1. The maximum atomic E-state index is 12.4. The fourth-order valence-electron chi connectivity index (χ4n) is 1.93. The van der Waals surface area contributed by atoms with E-state index in [0.717, 1.165) is 10.6 Å². The van der Waals surface area contributed by atoms with Gasteiger partial charge in [-0.1, -0.05) is 46.8 Å². The molecule has 6 nitrogen and oxygen atoms in total. The molecule has 7 heteroatoms. The van der Waals surface area contributed by atoms with Crippen LogP contribution in [0.5, 0.6) is 0 Å². The Morgan fingerprint density at radius 3 is 2.62 bits per heavy atom. The Bertz CT molecular complexity index is 779. The summed E-state index contributed by atoms with van der Waals surface area (Å²) in [6.07, 6.45) is 0. The van der Waals surface area contributed by atoms with E-state index in [1.54, 1.807) is 6.92 Å². The van der Waals surface area contributed by atoms with Gasteiger partial charge in [0.1, 0.15) is 10.6 Å². The highest BCUT2D eigenvalue weighted by molar-refractivity contribution is 7.15. The third kappa shape index (κ3) is 2.68. The van der Waals surface area contributed by atoms with Crippen molar-refractivity contribution >= 4 is 22.4 Å². The first kappa shape index (κ1) is 13.4. The quantitative estimate of drug-likeness (QED) is 0.804. The van der Waals surface area contributed by atoms with E-state index in [2.05, 4.69) is 20.7 Å². The van der Waals surface area contributed by atoms with Gasteiger partial charge in [0.15, 0.2) is 5.76 Å². The maximum absolute atomic E-state index is 12.4. The molecule has 2 aromatic heterocycles. The van der Waals surface area contributed by atoms with Crippen LogP contribution in [0.2, 0.25) is 0 Å². The van der Waals surface area contributed by atoms with Crippen LogP contribution in [0.4, 0.5) is 5.13 Å². The van der Waals surface area contributed by atoms with Crippen LogP contribution >= 0.6 is 11.3 Å². The second-order valence-corrected chi connectivity index (χ2v) is 5.60. The minimum absolute atomic E-state index is 0.302. The van der Waals surface area contributed by atoms with Gasteiger partial charge in [-0.05, 0) is 13.8 Å². The fraction of sp³-hybridized carbons (Fsp3) is 0.143. The van der Waals surface area contributed by atoms with Crippen molar-refractivity contribution < 1.29 is 9.32 Å². The molecule has 0 saturated carbocycles. The molecule has 21 heavy (non-hydrogen) atoms. The van der Waals surface area contributed by atoms with Gasteiger partial charge in [-0.3, -0.25) is 10.1 Å². The number of aryl methyl sites for hydroxylation is 2. The summed E-state index contributed by atoms with van der Waals surface area (Å²) in [5.41, 5.74) is 1.75. The van der Waals surface area contributed by atoms with Crippen LogP contribution in [0.1, 0.15) is 21.1 Å². The molecule has 106 valence electrons. The van der Waals surface area contributed by atoms with Crippen LogP contribution in [0, 0.1) is 13.8 Å². The van der Waals surface area contributed by atoms with Crippen molar-refractivity contribution in [1.82, 2.24) is 15.4 Å². The molecule has 1 aromatic carbocycles. The number of aromatic nitrogens is 3. The van der Waals surface area contributed by atoms with E-state index in [1.807, 2.05) is 37.3 Å². The number of anilines is 1. The molecule has 0 aliphatic heterocycles. The van der Waals surface area contributed by atoms with Crippen LogP contribution < -0.4 is 5.32 Å². The van der Waals surface area contributed by atoms with E-state index in [0.29, 0.717) is 22.1 Å². The van der Waals surface area contributed by atoms with Crippen LogP contribution in [0.3, 0.4) is 0 Å². The normalized spacial score (nSPS) is 10.6. The van der Waals surface area contributed by atoms with E-state index in [4.69, 9.17) is 4.52 Å². The first-order chi connectivity index (χ1) is 10.1. The van der Waals surface area contributed by atoms with Gasteiger partial charge in [-0.2, -0.15) is 0 Å². The van der Waals surface area contributed by atoms with Crippen molar-refractivity contribution in [3.05, 3.63) is 46.6 Å². The van der Waals surface area contributed by atoms with Crippen molar-refractivity contribution in [3.63, 3.8) is 0 Å². The van der Waals surface area contributed by atoms with E-state index < -0.39 is 0 Å². The van der Waals surface area contributed by atoms with Crippen LogP contribution in [0.15, 0.2) is 34.9 Å². The van der Waals surface area contributed by atoms with Gasteiger partial charge in [0.25, 0.3) is 5.91 Å². The van der Waals surface area contributed by atoms with Crippen LogP contribution in [-0.2, 0) is 0 Å². The molecular weight excluding hydrogens is 288 g/mol. The van der Waals surface area contributed by atoms with E-state index in [-0.39, 0.29) is 5.91 Å². The average Bonchev–Trinajstić information content (AvgIpc) is 3.06. The fourth-order valence-corrected chi connectivity index (χ4v) is 2.52. The number of rotatable bonds is 3. The lowest BCUT2D eigenvalue weighted by atomic mass is 10.1. The lowest BCUT2D eigenvalue weighted by Crippen LogP contribution is -2.13. The van der Waals surface area contributed by atoms with Crippen molar-refractivity contribution in [3.8, 4) is 11.3 Å². The minimum Gasteiger partial charge on any atom is -0.355 e. The highest BCUT2D eigenvalue weighted by Gasteiger charge is 2.22. The molecule has 0 atom stereocenters. The average molecular weight is 300 g/mol. The van der Waals surface area contributed by atoms with Crippen molar-refractivity contribution in [1.29, 1.82) is 0 Å². The number of benzene rings is 1. The van der Waals surface area contributed by atoms with Gasteiger partial charge in [0.2, 0.25) is 5.13 Å². The maximum Gasteiger partial charge on any atom is 0.263 e. The molecule has 3 aromatic rings. The Hall–Kier alpha value is -2.54. The Morgan fingerprint density at radius 1 is 1.19 bits per heavy atom. The van der Waals surface area contributed by atoms with Gasteiger partial charge in [-0.25, -0.2) is 0 Å². The molecule has 0 radical (unpaired) electrons. The van der Waals surface area contributed by atoms with Gasteiger partial charge < -0.3 is 4.52 Å². The molecule has 0 aliphatic carbocycles. The number of nitrogens with zero attached hydrogens (tertiary/aromatic N) is 3. The summed E-state index contributed by atoms with van der Waals surface area (Å²) in [5, 5.41) is 15.6. The summed E-state index contributed by atoms with van der Waals surface area (Å²) in [6.45, 7) is 3.56. The van der Waals surface area contributed by atoms with Gasteiger partial charge in [0, 0.05) is 5.56 Å². The predicted molar refractivity (Wildman–Crippen MR) is 79.3 cm³/mol. The van der Waals surface area contributed by atoms with E-state index >= 15 is 0 Å². The minimum atomic E-state index is -0.302. The highest BCUT2D eigenvalue weighted by Crippen LogP contribution is 2.27. The standard InChI is InChI=1S/C14H12N4O2S/c1-8-11(13(19)15-14-17-16-9(2)21-14)12(20-18-8)10-6-4-3-5-7-10/h3-7H,1-2H3,(H,15,17,19). The summed E-state index contributed by atoms with van der Waals surface area (Å²) in [6, 6.07) is 9.39. The molecule has 3 rings (SSSR count). The zero-order chi connectivity index (χ0) is 14.8. The molecule has 0 spiro atoms. The molecule has 0 unspecified atom stereocenters. The zero-order valence-corrected chi connectivity index (χ0v) is 12.3. The number of hydrogen-bond donors (Lipinski definition) is 1. The van der Waals surface area contributed by atoms with Crippen LogP contribution in [-0.4, -0.2) is 21.3 Å². The number of hydrogen-bond acceptors (Lipinski definition) is 6. The largest absolute Gasteiger partial charge is 0.355 e. The monoisotopic (exact) mass is 300 g/mol. The molecule has 1 amide bonds. The topological polar surface area (TPSA) is 80.9 Å². The molecule has 2 heterocycles. The lowest BCUT2D eigenvalue weighted by molar-refractivity contribution is 0.102. The zero-order valence-electron chi connectivity index (χ0n) is 11.5. The molecule has 0 saturated heterocycles. The number of carbonyl (C=O) groups is 1. The Labute approximate surface area is 124 Å². The van der Waals surface area contributed by atoms with Gasteiger partial charge in [-0.15, -0.1) is 10.2 Å². The van der Waals surface area contributed by atoms with Crippen molar-refractivity contribution in [2.45, 2.75) is 13.8 Å². The van der Waals surface area contributed by atoms with Gasteiger partial charge >= 0.3 is 0 Å². The van der Waals surface area contributed by atoms with Gasteiger partial charge in [0.05, 0.1) is 5.69 Å². The van der Waals surface area contributed by atoms with Crippen LogP contribution in [0.25, 0.3) is 11.3 Å². The first-order valence-electron chi connectivity index (χ1n) is 6.28. The molecular formula is C14H12N4O2S. The third-order valence-corrected chi connectivity index (χ3v) is 3.63. The Morgan fingerprint density at radius 2 is 1.95 bits per heavy atom. The second kappa shape index (κ2) is 5.45. The predicted octanol–water partition coefficient (Wildman–Crippen LogP) is 3.06. The number of amides is 1. The first-order valence-corrected chi connectivity index (χ1v) is 7.10. The molecule has 0 bridgehead atoms. The summed E-state index contributed by atoms with van der Waals surface area (Å²) < 4.78 is 5.30. The summed E-state index contributed by atoms with van der Waals surface area (Å²) in [4.78, 5) is 12.4. The molecule has 0 aliphatic rings. The molecule has 0 fully saturated rings. The molecule has 1 N–H and O–H groups in total. The number of nitrogens with one attached hydrogen (secondary N) is 1. The second-order valence-electron chi connectivity index (χ2n) is 4.42. The third-order valence-electron chi connectivity index (χ3n) is 2.87. The van der Waals surface area contributed by atoms with Crippen molar-refractivity contribution in [2.24, 2.45) is 0 Å². The smallest absolute Gasteiger partial charge is 0.263 e. The van der Waals surface area contributed by atoms with Crippen molar-refractivity contribution in [2.75, 3.05) is 5.32 Å². The summed E-state index contributed by atoms with van der Waals surface area (Å²) in [7, 11) is 0. The Balaban J connectivity index is 1.95. The van der Waals surface area contributed by atoms with E-state index in [9.17, 15) is 4.79 Å². The SMILES string of the molecule is Cc1nnc(NC(=O)c2c(C)noc2-c2ccccc2)s1.